The van der Waals surface area contributed by atoms with Crippen molar-refractivity contribution in [3.63, 3.8) is 0 Å². The van der Waals surface area contributed by atoms with E-state index in [0.717, 1.165) is 16.3 Å². The molecule has 0 saturated heterocycles. The molecule has 23 heavy (non-hydrogen) atoms. The molecule has 0 spiro atoms. The van der Waals surface area contributed by atoms with Crippen LogP contribution in [0.25, 0.3) is 32.4 Å². The Hall–Kier alpha value is -2.81. The van der Waals surface area contributed by atoms with E-state index in [0.29, 0.717) is 12.3 Å². The molecule has 0 amide bonds. The number of nitrogens with zero attached hydrogens (tertiary/aromatic N) is 1. The molecular formula is C20H17NO2. The number of benzene rings is 3. The molecule has 0 N–H and O–H groups in total. The molecule has 3 aromatic carbocycles. The van der Waals surface area contributed by atoms with Crippen molar-refractivity contribution in [1.29, 1.82) is 0 Å². The fourth-order valence-corrected chi connectivity index (χ4v) is 3.35. The fraction of sp³-hybridized carbons (Fsp3) is 0.150. The van der Waals surface area contributed by atoms with Crippen molar-refractivity contribution in [3.8, 4) is 0 Å². The van der Waals surface area contributed by atoms with Crippen molar-refractivity contribution in [2.75, 3.05) is 6.61 Å². The van der Waals surface area contributed by atoms with Gasteiger partial charge in [-0.3, -0.25) is 0 Å². The van der Waals surface area contributed by atoms with Crippen molar-refractivity contribution in [2.24, 2.45) is 7.05 Å². The minimum Gasteiger partial charge on any atom is -0.461 e. The number of carbonyl (C=O) groups excluding carboxylic acids is 1. The van der Waals surface area contributed by atoms with Crippen LogP contribution in [0.15, 0.2) is 54.6 Å². The number of aromatic nitrogens is 1. The van der Waals surface area contributed by atoms with Crippen molar-refractivity contribution < 1.29 is 9.53 Å². The van der Waals surface area contributed by atoms with Crippen LogP contribution in [0.1, 0.15) is 17.4 Å². The number of aryl methyl sites for hydroxylation is 1. The topological polar surface area (TPSA) is 31.2 Å². The van der Waals surface area contributed by atoms with Crippen molar-refractivity contribution in [3.05, 3.63) is 60.3 Å². The summed E-state index contributed by atoms with van der Waals surface area (Å²) in [6.45, 7) is 2.20. The number of ether oxygens (including phenoxy) is 1. The van der Waals surface area contributed by atoms with Crippen LogP contribution in [0.5, 0.6) is 0 Å². The van der Waals surface area contributed by atoms with Gasteiger partial charge in [-0.15, -0.1) is 0 Å². The van der Waals surface area contributed by atoms with E-state index >= 15 is 0 Å². The second kappa shape index (κ2) is 5.13. The number of carbonyl (C=O) groups is 1. The Morgan fingerprint density at radius 1 is 0.957 bits per heavy atom. The molecule has 0 aliphatic carbocycles. The van der Waals surface area contributed by atoms with Crippen LogP contribution in [0.3, 0.4) is 0 Å². The SMILES string of the molecule is CCOC(=O)c1cc2ccc3c4ccccc4ccc3c2n1C. The Morgan fingerprint density at radius 3 is 2.52 bits per heavy atom. The summed E-state index contributed by atoms with van der Waals surface area (Å²) in [6.07, 6.45) is 0. The Morgan fingerprint density at radius 2 is 1.70 bits per heavy atom. The third-order valence-electron chi connectivity index (χ3n) is 4.40. The molecule has 3 heteroatoms. The lowest BCUT2D eigenvalue weighted by Gasteiger charge is -2.08. The average molecular weight is 303 g/mol. The van der Waals surface area contributed by atoms with E-state index < -0.39 is 0 Å². The van der Waals surface area contributed by atoms with E-state index in [1.165, 1.54) is 16.2 Å². The van der Waals surface area contributed by atoms with Crippen molar-refractivity contribution in [1.82, 2.24) is 4.57 Å². The first-order valence-corrected chi connectivity index (χ1v) is 7.77. The number of hydrogen-bond acceptors (Lipinski definition) is 2. The van der Waals surface area contributed by atoms with Crippen LogP contribution in [0.4, 0.5) is 0 Å². The third kappa shape index (κ3) is 2.00. The maximum atomic E-state index is 12.1. The molecule has 0 radical (unpaired) electrons. The smallest absolute Gasteiger partial charge is 0.354 e. The molecule has 1 aromatic heterocycles. The van der Waals surface area contributed by atoms with Crippen LogP contribution in [0.2, 0.25) is 0 Å². The van der Waals surface area contributed by atoms with Gasteiger partial charge < -0.3 is 9.30 Å². The first kappa shape index (κ1) is 13.8. The van der Waals surface area contributed by atoms with Gasteiger partial charge >= 0.3 is 5.97 Å². The molecule has 0 aliphatic rings. The summed E-state index contributed by atoms with van der Waals surface area (Å²) in [5.74, 6) is -0.278. The van der Waals surface area contributed by atoms with Crippen LogP contribution in [-0.4, -0.2) is 17.1 Å². The number of rotatable bonds is 2. The van der Waals surface area contributed by atoms with E-state index in [4.69, 9.17) is 4.74 Å². The summed E-state index contributed by atoms with van der Waals surface area (Å²) >= 11 is 0. The van der Waals surface area contributed by atoms with Gasteiger partial charge in [0, 0.05) is 17.8 Å². The molecule has 114 valence electrons. The molecule has 4 aromatic rings. The lowest BCUT2D eigenvalue weighted by Crippen LogP contribution is -2.09. The minimum absolute atomic E-state index is 0.278. The molecule has 0 aliphatic heterocycles. The van der Waals surface area contributed by atoms with Crippen molar-refractivity contribution in [2.45, 2.75) is 6.92 Å². The fourth-order valence-electron chi connectivity index (χ4n) is 3.35. The van der Waals surface area contributed by atoms with E-state index in [9.17, 15) is 4.79 Å². The second-order valence-corrected chi connectivity index (χ2v) is 5.69. The summed E-state index contributed by atoms with van der Waals surface area (Å²) < 4.78 is 7.10. The average Bonchev–Trinajstić information content (AvgIpc) is 2.92. The second-order valence-electron chi connectivity index (χ2n) is 5.69. The summed E-state index contributed by atoms with van der Waals surface area (Å²) in [6, 6.07) is 18.7. The minimum atomic E-state index is -0.278. The van der Waals surface area contributed by atoms with Gasteiger partial charge in [-0.2, -0.15) is 0 Å². The normalized spacial score (nSPS) is 11.4. The zero-order valence-electron chi connectivity index (χ0n) is 13.2. The molecule has 0 unspecified atom stereocenters. The molecular weight excluding hydrogens is 286 g/mol. The zero-order chi connectivity index (χ0) is 16.0. The Bertz CT molecular complexity index is 1060. The predicted molar refractivity (Wildman–Crippen MR) is 93.9 cm³/mol. The molecule has 1 heterocycles. The van der Waals surface area contributed by atoms with E-state index in [1.54, 1.807) is 0 Å². The number of esters is 1. The Balaban J connectivity index is 2.08. The highest BCUT2D eigenvalue weighted by molar-refractivity contribution is 6.17. The van der Waals surface area contributed by atoms with Gasteiger partial charge in [-0.1, -0.05) is 48.5 Å². The van der Waals surface area contributed by atoms with E-state index in [-0.39, 0.29) is 5.97 Å². The third-order valence-corrected chi connectivity index (χ3v) is 4.40. The van der Waals surface area contributed by atoms with Gasteiger partial charge in [-0.05, 0) is 29.1 Å². The molecule has 0 fully saturated rings. The van der Waals surface area contributed by atoms with Crippen LogP contribution >= 0.6 is 0 Å². The lowest BCUT2D eigenvalue weighted by molar-refractivity contribution is 0.0516. The maximum absolute atomic E-state index is 12.1. The first-order valence-electron chi connectivity index (χ1n) is 7.77. The molecule has 0 atom stereocenters. The highest BCUT2D eigenvalue weighted by Crippen LogP contribution is 2.32. The Kier molecular flexibility index (Phi) is 3.08. The standard InChI is InChI=1S/C20H17NO2/c1-3-23-20(22)18-12-14-9-10-16-15-7-5-4-6-13(15)8-11-17(16)19(14)21(18)2/h4-12H,3H2,1-2H3. The van der Waals surface area contributed by atoms with E-state index in [1.807, 2.05) is 30.7 Å². The maximum Gasteiger partial charge on any atom is 0.354 e. The quantitative estimate of drug-likeness (QED) is 0.398. The molecule has 4 rings (SSSR count). The van der Waals surface area contributed by atoms with E-state index in [2.05, 4.69) is 42.5 Å². The predicted octanol–water partition coefficient (Wildman–Crippen LogP) is 4.66. The molecule has 3 nitrogen and oxygen atoms in total. The van der Waals surface area contributed by atoms with Gasteiger partial charge in [0.1, 0.15) is 5.69 Å². The van der Waals surface area contributed by atoms with Crippen LogP contribution < -0.4 is 0 Å². The molecule has 0 bridgehead atoms. The summed E-state index contributed by atoms with van der Waals surface area (Å²) in [5.41, 5.74) is 1.65. The molecule has 0 saturated carbocycles. The summed E-state index contributed by atoms with van der Waals surface area (Å²) in [5, 5.41) is 5.86. The van der Waals surface area contributed by atoms with Crippen LogP contribution in [-0.2, 0) is 11.8 Å². The van der Waals surface area contributed by atoms with Gasteiger partial charge in [0.05, 0.1) is 12.1 Å². The highest BCUT2D eigenvalue weighted by Gasteiger charge is 2.16. The number of hydrogen-bond donors (Lipinski definition) is 0. The van der Waals surface area contributed by atoms with Gasteiger partial charge in [0.15, 0.2) is 0 Å². The summed E-state index contributed by atoms with van der Waals surface area (Å²) in [7, 11) is 1.92. The van der Waals surface area contributed by atoms with Crippen molar-refractivity contribution >= 4 is 38.4 Å². The zero-order valence-corrected chi connectivity index (χ0v) is 13.2. The summed E-state index contributed by atoms with van der Waals surface area (Å²) in [4.78, 5) is 12.1. The first-order chi connectivity index (χ1) is 11.2. The van der Waals surface area contributed by atoms with Gasteiger partial charge in [0.2, 0.25) is 0 Å². The number of fused-ring (bicyclic) bond motifs is 5. The Labute approximate surface area is 134 Å². The highest BCUT2D eigenvalue weighted by atomic mass is 16.5. The van der Waals surface area contributed by atoms with Gasteiger partial charge in [-0.25, -0.2) is 4.79 Å². The van der Waals surface area contributed by atoms with Gasteiger partial charge in [0.25, 0.3) is 0 Å². The monoisotopic (exact) mass is 303 g/mol. The lowest BCUT2D eigenvalue weighted by atomic mass is 10.0. The van der Waals surface area contributed by atoms with Crippen LogP contribution in [0, 0.1) is 0 Å². The largest absolute Gasteiger partial charge is 0.461 e.